The van der Waals surface area contributed by atoms with Crippen molar-refractivity contribution < 1.29 is 9.90 Å². The predicted octanol–water partition coefficient (Wildman–Crippen LogP) is 1.17. The second-order valence-corrected chi connectivity index (χ2v) is 6.09. The molecule has 104 valence electrons. The normalized spacial score (nSPS) is 31.2. The number of nitrogens with two attached hydrogens (primary N) is 1. The molecule has 0 aromatic carbocycles. The Labute approximate surface area is 109 Å². The van der Waals surface area contributed by atoms with Gasteiger partial charge in [-0.05, 0) is 51.0 Å². The molecule has 0 aliphatic heterocycles. The van der Waals surface area contributed by atoms with E-state index in [4.69, 9.17) is 5.73 Å². The highest BCUT2D eigenvalue weighted by molar-refractivity contribution is 5.79. The first-order valence-corrected chi connectivity index (χ1v) is 7.32. The minimum atomic E-state index is -0.318. The Hall–Kier alpha value is -0.610. The number of hydrogen-bond donors (Lipinski definition) is 3. The molecule has 0 saturated heterocycles. The molecule has 2 fully saturated rings. The maximum absolute atomic E-state index is 12.3. The van der Waals surface area contributed by atoms with Gasteiger partial charge in [0.1, 0.15) is 0 Å². The molecule has 0 atom stereocenters. The van der Waals surface area contributed by atoms with E-state index in [1.54, 1.807) is 0 Å². The quantitative estimate of drug-likeness (QED) is 0.705. The summed E-state index contributed by atoms with van der Waals surface area (Å²) >= 11 is 0. The van der Waals surface area contributed by atoms with Crippen LogP contribution in [0.5, 0.6) is 0 Å². The van der Waals surface area contributed by atoms with Gasteiger partial charge in [0, 0.05) is 5.92 Å². The summed E-state index contributed by atoms with van der Waals surface area (Å²) < 4.78 is 0. The van der Waals surface area contributed by atoms with Crippen LogP contribution in [0.3, 0.4) is 0 Å². The zero-order valence-electron chi connectivity index (χ0n) is 11.2. The van der Waals surface area contributed by atoms with E-state index in [2.05, 4.69) is 5.32 Å². The van der Waals surface area contributed by atoms with Crippen LogP contribution in [-0.4, -0.2) is 29.7 Å². The number of rotatable bonds is 4. The molecule has 0 aromatic rings. The highest BCUT2D eigenvalue weighted by Crippen LogP contribution is 2.32. The first kappa shape index (κ1) is 13.8. The first-order valence-electron chi connectivity index (χ1n) is 7.32. The molecule has 1 amide bonds. The van der Waals surface area contributed by atoms with E-state index in [0.717, 1.165) is 57.9 Å². The Bertz CT molecular complexity index is 280. The fourth-order valence-corrected chi connectivity index (χ4v) is 3.40. The molecule has 2 aliphatic carbocycles. The van der Waals surface area contributed by atoms with E-state index in [1.165, 1.54) is 0 Å². The smallest absolute Gasteiger partial charge is 0.223 e. The van der Waals surface area contributed by atoms with Crippen molar-refractivity contribution in [1.82, 2.24) is 5.32 Å². The summed E-state index contributed by atoms with van der Waals surface area (Å²) in [7, 11) is 0. The van der Waals surface area contributed by atoms with Crippen LogP contribution in [0.1, 0.15) is 51.4 Å². The van der Waals surface area contributed by atoms with Crippen LogP contribution in [-0.2, 0) is 4.79 Å². The number of aliphatic hydroxyl groups is 1. The van der Waals surface area contributed by atoms with Crippen molar-refractivity contribution in [2.24, 2.45) is 17.6 Å². The average molecular weight is 254 g/mol. The third-order valence-electron chi connectivity index (χ3n) is 4.80. The zero-order chi connectivity index (χ0) is 13.0. The number of carbonyl (C=O) groups excluding carboxylic acids is 1. The van der Waals surface area contributed by atoms with E-state index in [9.17, 15) is 9.90 Å². The largest absolute Gasteiger partial charge is 0.394 e. The Morgan fingerprint density at radius 2 is 1.83 bits per heavy atom. The van der Waals surface area contributed by atoms with Crippen molar-refractivity contribution in [3.63, 3.8) is 0 Å². The second-order valence-electron chi connectivity index (χ2n) is 6.09. The van der Waals surface area contributed by atoms with Crippen LogP contribution in [0.2, 0.25) is 0 Å². The van der Waals surface area contributed by atoms with Gasteiger partial charge >= 0.3 is 0 Å². The lowest BCUT2D eigenvalue weighted by atomic mass is 9.81. The molecule has 2 saturated carbocycles. The third kappa shape index (κ3) is 3.04. The zero-order valence-corrected chi connectivity index (χ0v) is 11.2. The number of aliphatic hydroxyl groups excluding tert-OH is 1. The lowest BCUT2D eigenvalue weighted by Gasteiger charge is -2.33. The van der Waals surface area contributed by atoms with Crippen molar-refractivity contribution in [2.75, 3.05) is 13.2 Å². The SMILES string of the molecule is NCC1CCC(C(=O)NC2(CO)CCCC2)CC1. The second kappa shape index (κ2) is 6.02. The van der Waals surface area contributed by atoms with Crippen molar-refractivity contribution in [1.29, 1.82) is 0 Å². The van der Waals surface area contributed by atoms with E-state index < -0.39 is 0 Å². The summed E-state index contributed by atoms with van der Waals surface area (Å²) in [6.45, 7) is 0.825. The molecule has 4 nitrogen and oxygen atoms in total. The standard InChI is InChI=1S/C14H26N2O2/c15-9-11-3-5-12(6-4-11)13(18)16-14(10-17)7-1-2-8-14/h11-12,17H,1-10,15H2,(H,16,18). The Morgan fingerprint density at radius 3 is 2.33 bits per heavy atom. The summed E-state index contributed by atoms with van der Waals surface area (Å²) in [4.78, 5) is 12.3. The van der Waals surface area contributed by atoms with Crippen LogP contribution in [0, 0.1) is 11.8 Å². The lowest BCUT2D eigenvalue weighted by molar-refractivity contribution is -0.128. The van der Waals surface area contributed by atoms with Crippen LogP contribution < -0.4 is 11.1 Å². The minimum Gasteiger partial charge on any atom is -0.394 e. The molecule has 0 radical (unpaired) electrons. The van der Waals surface area contributed by atoms with Gasteiger partial charge in [-0.2, -0.15) is 0 Å². The van der Waals surface area contributed by atoms with Crippen molar-refractivity contribution in [3.8, 4) is 0 Å². The topological polar surface area (TPSA) is 75.4 Å². The van der Waals surface area contributed by atoms with Gasteiger partial charge in [-0.15, -0.1) is 0 Å². The Morgan fingerprint density at radius 1 is 1.22 bits per heavy atom. The van der Waals surface area contributed by atoms with Crippen molar-refractivity contribution in [2.45, 2.75) is 56.9 Å². The molecule has 0 unspecified atom stereocenters. The number of hydrogen-bond acceptors (Lipinski definition) is 3. The fourth-order valence-electron chi connectivity index (χ4n) is 3.40. The Kier molecular flexibility index (Phi) is 4.62. The molecule has 0 aromatic heterocycles. The van der Waals surface area contributed by atoms with Crippen LogP contribution in [0.25, 0.3) is 0 Å². The van der Waals surface area contributed by atoms with Crippen molar-refractivity contribution in [3.05, 3.63) is 0 Å². The molecule has 2 aliphatic rings. The molecule has 4 N–H and O–H groups in total. The molecule has 4 heteroatoms. The van der Waals surface area contributed by atoms with E-state index in [1.807, 2.05) is 0 Å². The van der Waals surface area contributed by atoms with Crippen LogP contribution >= 0.6 is 0 Å². The first-order chi connectivity index (χ1) is 8.69. The number of carbonyl (C=O) groups is 1. The van der Waals surface area contributed by atoms with Gasteiger partial charge in [-0.25, -0.2) is 0 Å². The summed E-state index contributed by atoms with van der Waals surface area (Å²) in [5.41, 5.74) is 5.35. The van der Waals surface area contributed by atoms with Crippen LogP contribution in [0.15, 0.2) is 0 Å². The molecule has 0 heterocycles. The van der Waals surface area contributed by atoms with Gasteiger partial charge in [-0.3, -0.25) is 4.79 Å². The summed E-state index contributed by atoms with van der Waals surface area (Å²) in [5, 5.41) is 12.6. The molecule has 2 rings (SSSR count). The van der Waals surface area contributed by atoms with Gasteiger partial charge in [0.25, 0.3) is 0 Å². The van der Waals surface area contributed by atoms with Gasteiger partial charge in [0.05, 0.1) is 12.1 Å². The van der Waals surface area contributed by atoms with Gasteiger partial charge in [0.15, 0.2) is 0 Å². The Balaban J connectivity index is 1.84. The summed E-state index contributed by atoms with van der Waals surface area (Å²) in [5.74, 6) is 0.894. The van der Waals surface area contributed by atoms with Gasteiger partial charge in [-0.1, -0.05) is 12.8 Å². The highest BCUT2D eigenvalue weighted by Gasteiger charge is 2.37. The van der Waals surface area contributed by atoms with Crippen LogP contribution in [0.4, 0.5) is 0 Å². The average Bonchev–Trinajstić information content (AvgIpc) is 2.88. The summed E-state index contributed by atoms with van der Waals surface area (Å²) in [6, 6.07) is 0. The van der Waals surface area contributed by atoms with Gasteiger partial charge in [0.2, 0.25) is 5.91 Å². The molecule has 18 heavy (non-hydrogen) atoms. The maximum atomic E-state index is 12.3. The monoisotopic (exact) mass is 254 g/mol. The maximum Gasteiger partial charge on any atom is 0.223 e. The van der Waals surface area contributed by atoms with E-state index >= 15 is 0 Å². The summed E-state index contributed by atoms with van der Waals surface area (Å²) in [6.07, 6.45) is 8.12. The molecule has 0 bridgehead atoms. The fraction of sp³-hybridized carbons (Fsp3) is 0.929. The molecular formula is C14H26N2O2. The molecular weight excluding hydrogens is 228 g/mol. The lowest BCUT2D eigenvalue weighted by Crippen LogP contribution is -2.51. The van der Waals surface area contributed by atoms with Crippen molar-refractivity contribution >= 4 is 5.91 Å². The molecule has 0 spiro atoms. The predicted molar refractivity (Wildman–Crippen MR) is 70.9 cm³/mol. The van der Waals surface area contributed by atoms with Gasteiger partial charge < -0.3 is 16.2 Å². The number of nitrogens with one attached hydrogen (secondary N) is 1. The highest BCUT2D eigenvalue weighted by atomic mass is 16.3. The third-order valence-corrected chi connectivity index (χ3v) is 4.80. The van der Waals surface area contributed by atoms with E-state index in [0.29, 0.717) is 5.92 Å². The van der Waals surface area contributed by atoms with E-state index in [-0.39, 0.29) is 24.0 Å². The minimum absolute atomic E-state index is 0.0802. The number of amides is 1.